The van der Waals surface area contributed by atoms with Crippen molar-refractivity contribution in [3.05, 3.63) is 64.7 Å². The standard InChI is InChI=1S/C17H17ClO3/c1-2-10-20-17(19)14-4-3-5-16(11-14)21-12-13-6-8-15(18)9-7-13/h3-9,11H,2,10,12H2,1H3. The highest BCUT2D eigenvalue weighted by molar-refractivity contribution is 6.30. The maximum atomic E-state index is 11.8. The number of carbonyl (C=O) groups excluding carboxylic acids is 1. The summed E-state index contributed by atoms with van der Waals surface area (Å²) >= 11 is 5.83. The zero-order valence-corrected chi connectivity index (χ0v) is 12.6. The van der Waals surface area contributed by atoms with Crippen LogP contribution in [0.15, 0.2) is 48.5 Å². The van der Waals surface area contributed by atoms with Crippen molar-refractivity contribution in [2.24, 2.45) is 0 Å². The minimum Gasteiger partial charge on any atom is -0.489 e. The van der Waals surface area contributed by atoms with Crippen LogP contribution in [-0.2, 0) is 11.3 Å². The first-order chi connectivity index (χ1) is 10.2. The van der Waals surface area contributed by atoms with Crippen molar-refractivity contribution < 1.29 is 14.3 Å². The van der Waals surface area contributed by atoms with Gasteiger partial charge in [0.2, 0.25) is 0 Å². The van der Waals surface area contributed by atoms with Crippen LogP contribution < -0.4 is 4.74 Å². The molecular formula is C17H17ClO3. The van der Waals surface area contributed by atoms with Crippen molar-refractivity contribution in [1.82, 2.24) is 0 Å². The van der Waals surface area contributed by atoms with Gasteiger partial charge in [-0.1, -0.05) is 36.7 Å². The zero-order chi connectivity index (χ0) is 15.1. The molecule has 0 aliphatic heterocycles. The fourth-order valence-corrected chi connectivity index (χ4v) is 1.86. The Hall–Kier alpha value is -2.00. The number of hydrogen-bond acceptors (Lipinski definition) is 3. The summed E-state index contributed by atoms with van der Waals surface area (Å²) in [6, 6.07) is 14.4. The van der Waals surface area contributed by atoms with E-state index in [0.29, 0.717) is 29.5 Å². The Morgan fingerprint density at radius 2 is 1.90 bits per heavy atom. The van der Waals surface area contributed by atoms with Gasteiger partial charge >= 0.3 is 5.97 Å². The zero-order valence-electron chi connectivity index (χ0n) is 11.8. The second kappa shape index (κ2) is 7.70. The first kappa shape index (κ1) is 15.4. The third-order valence-corrected chi connectivity index (χ3v) is 3.08. The van der Waals surface area contributed by atoms with Crippen LogP contribution in [0.4, 0.5) is 0 Å². The molecule has 0 saturated heterocycles. The first-order valence-corrected chi connectivity index (χ1v) is 7.21. The van der Waals surface area contributed by atoms with Crippen LogP contribution in [0.2, 0.25) is 5.02 Å². The van der Waals surface area contributed by atoms with Gasteiger partial charge in [0.15, 0.2) is 0 Å². The summed E-state index contributed by atoms with van der Waals surface area (Å²) in [7, 11) is 0. The van der Waals surface area contributed by atoms with Gasteiger partial charge < -0.3 is 9.47 Å². The topological polar surface area (TPSA) is 35.5 Å². The molecule has 0 unspecified atom stereocenters. The molecule has 0 radical (unpaired) electrons. The molecule has 0 spiro atoms. The van der Waals surface area contributed by atoms with Gasteiger partial charge in [0.25, 0.3) is 0 Å². The van der Waals surface area contributed by atoms with Gasteiger partial charge in [0.05, 0.1) is 12.2 Å². The number of ether oxygens (including phenoxy) is 2. The molecule has 0 bridgehead atoms. The van der Waals surface area contributed by atoms with Crippen molar-refractivity contribution in [3.8, 4) is 5.75 Å². The molecule has 0 aliphatic carbocycles. The number of esters is 1. The Morgan fingerprint density at radius 1 is 1.14 bits per heavy atom. The van der Waals surface area contributed by atoms with Gasteiger partial charge in [-0.3, -0.25) is 0 Å². The van der Waals surface area contributed by atoms with Gasteiger partial charge in [-0.2, -0.15) is 0 Å². The highest BCUT2D eigenvalue weighted by Crippen LogP contribution is 2.17. The normalized spacial score (nSPS) is 10.2. The van der Waals surface area contributed by atoms with Crippen molar-refractivity contribution in [3.63, 3.8) is 0 Å². The molecule has 0 amide bonds. The monoisotopic (exact) mass is 304 g/mol. The van der Waals surface area contributed by atoms with E-state index in [2.05, 4.69) is 0 Å². The molecule has 3 nitrogen and oxygen atoms in total. The molecule has 0 atom stereocenters. The van der Waals surface area contributed by atoms with Crippen LogP contribution in [0.5, 0.6) is 5.75 Å². The average Bonchev–Trinajstić information content (AvgIpc) is 2.52. The van der Waals surface area contributed by atoms with E-state index in [-0.39, 0.29) is 5.97 Å². The van der Waals surface area contributed by atoms with Crippen LogP contribution in [0.3, 0.4) is 0 Å². The molecule has 2 aromatic carbocycles. The van der Waals surface area contributed by atoms with Gasteiger partial charge in [0, 0.05) is 5.02 Å². The number of benzene rings is 2. The van der Waals surface area contributed by atoms with Gasteiger partial charge in [-0.15, -0.1) is 0 Å². The summed E-state index contributed by atoms with van der Waals surface area (Å²) in [5.74, 6) is 0.310. The average molecular weight is 305 g/mol. The van der Waals surface area contributed by atoms with Crippen molar-refractivity contribution in [2.45, 2.75) is 20.0 Å². The van der Waals surface area contributed by atoms with E-state index >= 15 is 0 Å². The Bertz CT molecular complexity index is 593. The van der Waals surface area contributed by atoms with Crippen molar-refractivity contribution in [1.29, 1.82) is 0 Å². The molecule has 110 valence electrons. The largest absolute Gasteiger partial charge is 0.489 e. The molecule has 0 fully saturated rings. The lowest BCUT2D eigenvalue weighted by atomic mass is 10.2. The third kappa shape index (κ3) is 4.80. The fourth-order valence-electron chi connectivity index (χ4n) is 1.74. The predicted octanol–water partition coefficient (Wildman–Crippen LogP) is 4.49. The number of carbonyl (C=O) groups is 1. The lowest BCUT2D eigenvalue weighted by molar-refractivity contribution is 0.0504. The third-order valence-electron chi connectivity index (χ3n) is 2.83. The molecular weight excluding hydrogens is 288 g/mol. The molecule has 0 N–H and O–H groups in total. The van der Waals surface area contributed by atoms with Crippen LogP contribution >= 0.6 is 11.6 Å². The smallest absolute Gasteiger partial charge is 0.338 e. The molecule has 0 heterocycles. The molecule has 2 aromatic rings. The summed E-state index contributed by atoms with van der Waals surface area (Å²) in [4.78, 5) is 11.8. The Balaban J connectivity index is 1.97. The Kier molecular flexibility index (Phi) is 5.64. The van der Waals surface area contributed by atoms with E-state index in [1.807, 2.05) is 37.3 Å². The Morgan fingerprint density at radius 3 is 2.62 bits per heavy atom. The highest BCUT2D eigenvalue weighted by atomic mass is 35.5. The summed E-state index contributed by atoms with van der Waals surface area (Å²) in [5.41, 5.74) is 1.51. The van der Waals surface area contributed by atoms with E-state index in [1.54, 1.807) is 18.2 Å². The number of hydrogen-bond donors (Lipinski definition) is 0. The van der Waals surface area contributed by atoms with Crippen molar-refractivity contribution >= 4 is 17.6 Å². The molecule has 2 rings (SSSR count). The second-order valence-corrected chi connectivity index (χ2v) is 5.02. The van der Waals surface area contributed by atoms with Crippen LogP contribution in [-0.4, -0.2) is 12.6 Å². The summed E-state index contributed by atoms with van der Waals surface area (Å²) in [5, 5.41) is 0.694. The van der Waals surface area contributed by atoms with E-state index in [0.717, 1.165) is 12.0 Å². The maximum absolute atomic E-state index is 11.8. The molecule has 4 heteroatoms. The van der Waals surface area contributed by atoms with Gasteiger partial charge in [0.1, 0.15) is 12.4 Å². The van der Waals surface area contributed by atoms with E-state index in [4.69, 9.17) is 21.1 Å². The van der Waals surface area contributed by atoms with Crippen LogP contribution in [0, 0.1) is 0 Å². The van der Waals surface area contributed by atoms with Crippen LogP contribution in [0.25, 0.3) is 0 Å². The molecule has 21 heavy (non-hydrogen) atoms. The second-order valence-electron chi connectivity index (χ2n) is 4.58. The minimum absolute atomic E-state index is 0.325. The van der Waals surface area contributed by atoms with E-state index in [9.17, 15) is 4.79 Å². The number of rotatable bonds is 6. The van der Waals surface area contributed by atoms with Crippen LogP contribution in [0.1, 0.15) is 29.3 Å². The van der Waals surface area contributed by atoms with Crippen molar-refractivity contribution in [2.75, 3.05) is 6.61 Å². The highest BCUT2D eigenvalue weighted by Gasteiger charge is 2.07. The number of halogens is 1. The lowest BCUT2D eigenvalue weighted by Gasteiger charge is -2.08. The molecule has 0 aliphatic rings. The SMILES string of the molecule is CCCOC(=O)c1cccc(OCc2ccc(Cl)cc2)c1. The van der Waals surface area contributed by atoms with Gasteiger partial charge in [-0.25, -0.2) is 4.79 Å². The summed E-state index contributed by atoms with van der Waals surface area (Å²) in [6.45, 7) is 2.80. The molecule has 0 aromatic heterocycles. The van der Waals surface area contributed by atoms with E-state index in [1.165, 1.54) is 0 Å². The fraction of sp³-hybridized carbons (Fsp3) is 0.235. The lowest BCUT2D eigenvalue weighted by Crippen LogP contribution is -2.06. The first-order valence-electron chi connectivity index (χ1n) is 6.83. The quantitative estimate of drug-likeness (QED) is 0.738. The molecule has 0 saturated carbocycles. The Labute approximate surface area is 129 Å². The minimum atomic E-state index is -0.325. The predicted molar refractivity (Wildman–Crippen MR) is 82.8 cm³/mol. The summed E-state index contributed by atoms with van der Waals surface area (Å²) in [6.07, 6.45) is 0.804. The van der Waals surface area contributed by atoms with E-state index < -0.39 is 0 Å². The van der Waals surface area contributed by atoms with Gasteiger partial charge in [-0.05, 0) is 42.3 Å². The maximum Gasteiger partial charge on any atom is 0.338 e. The summed E-state index contributed by atoms with van der Waals surface area (Å²) < 4.78 is 10.8.